The molecule has 0 aliphatic carbocycles. The third-order valence-corrected chi connectivity index (χ3v) is 6.86. The summed E-state index contributed by atoms with van der Waals surface area (Å²) in [5, 5.41) is 21.4. The fraction of sp³-hybridized carbons (Fsp3) is 0.333. The molecule has 0 saturated carbocycles. The van der Waals surface area contributed by atoms with Crippen LogP contribution >= 0.6 is 0 Å². The zero-order valence-corrected chi connectivity index (χ0v) is 22.4. The molecule has 4 aromatic rings. The maximum Gasteiger partial charge on any atom is 0.247 e. The predicted molar refractivity (Wildman–Crippen MR) is 147 cm³/mol. The van der Waals surface area contributed by atoms with Gasteiger partial charge in [-0.15, -0.1) is 5.10 Å². The van der Waals surface area contributed by atoms with E-state index in [1.807, 2.05) is 70.2 Å². The van der Waals surface area contributed by atoms with Crippen molar-refractivity contribution in [2.24, 2.45) is 0 Å². The average molecular weight is 514 g/mol. The largest absolute Gasteiger partial charge is 0.508 e. The van der Waals surface area contributed by atoms with Gasteiger partial charge in [-0.05, 0) is 69.0 Å². The van der Waals surface area contributed by atoms with Crippen molar-refractivity contribution in [3.8, 4) is 5.75 Å². The van der Waals surface area contributed by atoms with Crippen LogP contribution in [0.1, 0.15) is 49.9 Å². The molecule has 4 rings (SSSR count). The molecule has 8 heteroatoms. The molecular formula is C30H35N5O3. The standard InChI is InChI=1S/C30H35N5O3/c1-5-30(3,4)31-29(38)28(23-13-15-24(36)16-14-23)34(18-17-22-10-8-9-21(2)19-22)27(37)20-35-26-12-7-6-11-25(26)32-33-35/h6-16,19,28,36H,5,17-18,20H2,1-4H3,(H,31,38). The highest BCUT2D eigenvalue weighted by atomic mass is 16.3. The molecule has 8 nitrogen and oxygen atoms in total. The van der Waals surface area contributed by atoms with Gasteiger partial charge in [-0.25, -0.2) is 4.68 Å². The summed E-state index contributed by atoms with van der Waals surface area (Å²) < 4.78 is 1.57. The molecule has 0 aliphatic rings. The van der Waals surface area contributed by atoms with Gasteiger partial charge in [-0.1, -0.05) is 66.2 Å². The monoisotopic (exact) mass is 513 g/mol. The molecule has 0 spiro atoms. The van der Waals surface area contributed by atoms with Crippen molar-refractivity contribution in [2.75, 3.05) is 6.54 Å². The average Bonchev–Trinajstić information content (AvgIpc) is 3.29. The summed E-state index contributed by atoms with van der Waals surface area (Å²) >= 11 is 0. The number of carbonyl (C=O) groups is 2. The normalized spacial score (nSPS) is 12.3. The van der Waals surface area contributed by atoms with E-state index in [1.54, 1.807) is 21.7 Å². The summed E-state index contributed by atoms with van der Waals surface area (Å²) in [5.41, 5.74) is 3.81. The van der Waals surface area contributed by atoms with E-state index in [0.717, 1.165) is 23.1 Å². The van der Waals surface area contributed by atoms with Crippen molar-refractivity contribution in [3.05, 3.63) is 89.5 Å². The lowest BCUT2D eigenvalue weighted by atomic mass is 9.98. The molecule has 198 valence electrons. The molecule has 0 bridgehead atoms. The summed E-state index contributed by atoms with van der Waals surface area (Å²) in [6, 6.07) is 21.2. The molecule has 38 heavy (non-hydrogen) atoms. The first-order chi connectivity index (χ1) is 18.2. The van der Waals surface area contributed by atoms with Crippen molar-refractivity contribution >= 4 is 22.8 Å². The molecule has 0 fully saturated rings. The van der Waals surface area contributed by atoms with E-state index in [-0.39, 0.29) is 24.1 Å². The van der Waals surface area contributed by atoms with E-state index in [1.165, 1.54) is 12.1 Å². The molecule has 1 unspecified atom stereocenters. The van der Waals surface area contributed by atoms with Crippen LogP contribution in [0, 0.1) is 6.92 Å². The lowest BCUT2D eigenvalue weighted by molar-refractivity contribution is -0.142. The number of phenolic OH excluding ortho intramolecular Hbond substituents is 1. The first-order valence-electron chi connectivity index (χ1n) is 12.9. The van der Waals surface area contributed by atoms with Crippen molar-refractivity contribution in [1.82, 2.24) is 25.2 Å². The highest BCUT2D eigenvalue weighted by Gasteiger charge is 2.34. The van der Waals surface area contributed by atoms with E-state index < -0.39 is 11.6 Å². The van der Waals surface area contributed by atoms with E-state index in [9.17, 15) is 14.7 Å². The van der Waals surface area contributed by atoms with Crippen LogP contribution in [0.2, 0.25) is 0 Å². The van der Waals surface area contributed by atoms with Crippen LogP contribution in [-0.2, 0) is 22.6 Å². The lowest BCUT2D eigenvalue weighted by Gasteiger charge is -2.34. The SMILES string of the molecule is CCC(C)(C)NC(=O)C(c1ccc(O)cc1)N(CCc1cccc(C)c1)C(=O)Cn1nnc2ccccc21. The van der Waals surface area contributed by atoms with Crippen LogP contribution in [0.4, 0.5) is 0 Å². The van der Waals surface area contributed by atoms with Gasteiger partial charge in [0.05, 0.1) is 5.52 Å². The molecule has 1 heterocycles. The number of aromatic hydroxyl groups is 1. The Hall–Kier alpha value is -4.20. The van der Waals surface area contributed by atoms with Gasteiger partial charge in [0.25, 0.3) is 0 Å². The molecule has 2 amide bonds. The number of fused-ring (bicyclic) bond motifs is 1. The Morgan fingerprint density at radius 3 is 2.50 bits per heavy atom. The molecule has 1 atom stereocenters. The smallest absolute Gasteiger partial charge is 0.247 e. The first-order valence-corrected chi connectivity index (χ1v) is 12.9. The Bertz CT molecular complexity index is 1410. The number of nitrogens with one attached hydrogen (secondary N) is 1. The summed E-state index contributed by atoms with van der Waals surface area (Å²) in [7, 11) is 0. The third-order valence-electron chi connectivity index (χ3n) is 6.86. The van der Waals surface area contributed by atoms with Gasteiger partial charge >= 0.3 is 0 Å². The first kappa shape index (κ1) is 26.9. The molecule has 1 aromatic heterocycles. The summed E-state index contributed by atoms with van der Waals surface area (Å²) in [4.78, 5) is 29.4. The number of aryl methyl sites for hydroxylation is 1. The van der Waals surface area contributed by atoms with E-state index in [0.29, 0.717) is 24.0 Å². The molecule has 3 aromatic carbocycles. The summed E-state index contributed by atoms with van der Waals surface area (Å²) in [6.07, 6.45) is 1.30. The number of nitrogens with zero attached hydrogens (tertiary/aromatic N) is 4. The molecule has 2 N–H and O–H groups in total. The van der Waals surface area contributed by atoms with E-state index in [4.69, 9.17) is 0 Å². The maximum atomic E-state index is 14.0. The second-order valence-electron chi connectivity index (χ2n) is 10.3. The number of phenols is 1. The Balaban J connectivity index is 1.72. The molecule has 0 saturated heterocycles. The van der Waals surface area contributed by atoms with Gasteiger partial charge in [0.15, 0.2) is 0 Å². The predicted octanol–water partition coefficient (Wildman–Crippen LogP) is 4.56. The highest BCUT2D eigenvalue weighted by molar-refractivity contribution is 5.89. The van der Waals surface area contributed by atoms with E-state index in [2.05, 4.69) is 21.7 Å². The highest BCUT2D eigenvalue weighted by Crippen LogP contribution is 2.26. The quantitative estimate of drug-likeness (QED) is 0.324. The number of benzene rings is 3. The summed E-state index contributed by atoms with van der Waals surface area (Å²) in [6.45, 7) is 8.21. The Kier molecular flexibility index (Phi) is 8.10. The third kappa shape index (κ3) is 6.37. The van der Waals surface area contributed by atoms with Gasteiger partial charge in [0.2, 0.25) is 11.8 Å². The van der Waals surface area contributed by atoms with Crippen molar-refractivity contribution in [1.29, 1.82) is 0 Å². The fourth-order valence-corrected chi connectivity index (χ4v) is 4.39. The molecular weight excluding hydrogens is 478 g/mol. The fourth-order valence-electron chi connectivity index (χ4n) is 4.39. The van der Waals surface area contributed by atoms with Crippen LogP contribution in [0.25, 0.3) is 11.0 Å². The number of amides is 2. The molecule has 0 aliphatic heterocycles. The Morgan fingerprint density at radius 1 is 1.05 bits per heavy atom. The lowest BCUT2D eigenvalue weighted by Crippen LogP contribution is -2.51. The van der Waals surface area contributed by atoms with Crippen LogP contribution < -0.4 is 5.32 Å². The van der Waals surface area contributed by atoms with Crippen molar-refractivity contribution in [2.45, 2.75) is 58.7 Å². The van der Waals surface area contributed by atoms with Gasteiger partial charge in [0.1, 0.15) is 23.9 Å². The van der Waals surface area contributed by atoms with Crippen LogP contribution in [0.15, 0.2) is 72.8 Å². The van der Waals surface area contributed by atoms with Gasteiger partial charge in [-0.2, -0.15) is 0 Å². The van der Waals surface area contributed by atoms with Gasteiger partial charge in [-0.3, -0.25) is 9.59 Å². The summed E-state index contributed by atoms with van der Waals surface area (Å²) in [5.74, 6) is -0.437. The number of hydrogen-bond donors (Lipinski definition) is 2. The second kappa shape index (κ2) is 11.5. The number of para-hydroxylation sites is 1. The topological polar surface area (TPSA) is 100 Å². The zero-order chi connectivity index (χ0) is 27.3. The van der Waals surface area contributed by atoms with Crippen LogP contribution in [0.3, 0.4) is 0 Å². The number of hydrogen-bond acceptors (Lipinski definition) is 5. The Labute approximate surface area is 223 Å². The van der Waals surface area contributed by atoms with Crippen LogP contribution in [0.5, 0.6) is 5.75 Å². The van der Waals surface area contributed by atoms with E-state index >= 15 is 0 Å². The minimum absolute atomic E-state index is 0.0621. The minimum Gasteiger partial charge on any atom is -0.508 e. The second-order valence-corrected chi connectivity index (χ2v) is 10.3. The minimum atomic E-state index is -0.895. The Morgan fingerprint density at radius 2 is 1.79 bits per heavy atom. The van der Waals surface area contributed by atoms with Crippen molar-refractivity contribution in [3.63, 3.8) is 0 Å². The van der Waals surface area contributed by atoms with Gasteiger partial charge in [0, 0.05) is 12.1 Å². The maximum absolute atomic E-state index is 14.0. The molecule has 0 radical (unpaired) electrons. The van der Waals surface area contributed by atoms with Gasteiger partial charge < -0.3 is 15.3 Å². The van der Waals surface area contributed by atoms with Crippen molar-refractivity contribution < 1.29 is 14.7 Å². The number of aromatic nitrogens is 3. The number of carbonyl (C=O) groups excluding carboxylic acids is 2. The number of rotatable bonds is 10. The van der Waals surface area contributed by atoms with Crippen LogP contribution in [-0.4, -0.2) is 48.9 Å². The zero-order valence-electron chi connectivity index (χ0n) is 22.4.